The van der Waals surface area contributed by atoms with Crippen LogP contribution in [0.3, 0.4) is 0 Å². The van der Waals surface area contributed by atoms with Crippen molar-refractivity contribution in [1.82, 2.24) is 55.6 Å². The van der Waals surface area contributed by atoms with Crippen molar-refractivity contribution in [2.24, 2.45) is 28.7 Å². The summed E-state index contributed by atoms with van der Waals surface area (Å²) in [6.07, 6.45) is 8.38. The van der Waals surface area contributed by atoms with E-state index in [1.807, 2.05) is 0 Å². The molecule has 0 bridgehead atoms. The number of urea groups is 1. The number of likely N-dealkylation sites (N-methyl/N-ethyl adjacent to an activating group) is 2. The molecule has 9 unspecified atom stereocenters. The lowest BCUT2D eigenvalue weighted by molar-refractivity contribution is 0.102. The second-order valence-corrected chi connectivity index (χ2v) is 36.8. The number of hydrogen-bond donors (Lipinski definition) is 9. The summed E-state index contributed by atoms with van der Waals surface area (Å²) in [4.78, 5) is 71.5. The molecule has 5 saturated carbocycles. The predicted molar refractivity (Wildman–Crippen MR) is 428 cm³/mol. The largest absolute Gasteiger partial charge is 0.443 e. The monoisotopic (exact) mass is 1800 g/mol. The molecule has 20 rings (SSSR count). The van der Waals surface area contributed by atoms with E-state index >= 15 is 0 Å². The number of nitrogens with one attached hydrogen (secondary N) is 4. The van der Waals surface area contributed by atoms with E-state index in [0.29, 0.717) is 134 Å². The van der Waals surface area contributed by atoms with Gasteiger partial charge in [-0.3, -0.25) is 24.5 Å². The van der Waals surface area contributed by atoms with Gasteiger partial charge in [-0.05, 0) is 154 Å². The van der Waals surface area contributed by atoms with Crippen LogP contribution >= 0.6 is 0 Å². The fraction of sp³-hybridized carbons (Fsp3) is 0.598. The maximum atomic E-state index is 14.1. The lowest BCUT2D eigenvalue weighted by Crippen LogP contribution is -2.47. The summed E-state index contributed by atoms with van der Waals surface area (Å²) in [6.45, 7) is 7.07. The number of hydrogen-bond acceptors (Lipinski definition) is 19. The first-order valence-corrected chi connectivity index (χ1v) is 43.5. The van der Waals surface area contributed by atoms with Gasteiger partial charge >= 0.3 is 30.4 Å². The minimum Gasteiger partial charge on any atom is -0.443 e. The third kappa shape index (κ3) is 19.2. The van der Waals surface area contributed by atoms with Crippen molar-refractivity contribution in [3.63, 3.8) is 0 Å². The molecule has 14 N–H and O–H groups in total. The van der Waals surface area contributed by atoms with E-state index in [1.165, 1.54) is 0 Å². The highest BCUT2D eigenvalue weighted by Gasteiger charge is 2.53. The van der Waals surface area contributed by atoms with Crippen LogP contribution in [-0.4, -0.2) is 265 Å². The first-order chi connectivity index (χ1) is 60.4. The third-order valence-electron chi connectivity index (χ3n) is 29.4. The molecule has 15 fully saturated rings. The van der Waals surface area contributed by atoms with Gasteiger partial charge in [-0.15, -0.1) is 0 Å². The van der Waals surface area contributed by atoms with Crippen molar-refractivity contribution in [1.29, 1.82) is 0 Å². The van der Waals surface area contributed by atoms with Gasteiger partial charge in [0.05, 0.1) is 36.3 Å². The van der Waals surface area contributed by atoms with Crippen LogP contribution in [0.2, 0.25) is 0 Å². The molecule has 0 radical (unpaired) electrons. The summed E-state index contributed by atoms with van der Waals surface area (Å²) in [7, 11) is 3.48. The molecule has 6 amide bonds. The summed E-state index contributed by atoms with van der Waals surface area (Å²) in [5.41, 5.74) is 32.1. The molecule has 25 atom stereocenters. The van der Waals surface area contributed by atoms with Gasteiger partial charge in [-0.2, -0.15) is 0 Å². The van der Waals surface area contributed by atoms with Crippen LogP contribution < -0.4 is 49.9 Å². The molecule has 10 heterocycles. The van der Waals surface area contributed by atoms with Gasteiger partial charge < -0.3 is 78.7 Å². The van der Waals surface area contributed by atoms with Gasteiger partial charge in [0.2, 0.25) is 0 Å². The second-order valence-electron chi connectivity index (χ2n) is 36.8. The summed E-state index contributed by atoms with van der Waals surface area (Å²) in [5.74, 6) is -16.5. The zero-order valence-electron chi connectivity index (χ0n) is 69.7. The average molecular weight is 1800 g/mol. The van der Waals surface area contributed by atoms with Crippen LogP contribution in [-0.2, 0) is 18.9 Å². The summed E-state index contributed by atoms with van der Waals surface area (Å²) >= 11 is 0. The van der Waals surface area contributed by atoms with E-state index in [2.05, 4.69) is 45.8 Å². The van der Waals surface area contributed by atoms with E-state index in [1.54, 1.807) is 23.9 Å². The molecule has 15 aliphatic rings. The maximum absolute atomic E-state index is 14.1. The van der Waals surface area contributed by atoms with Crippen molar-refractivity contribution >= 4 is 30.4 Å². The minimum atomic E-state index is -1.19. The number of nitrogens with two attached hydrogens (primary N) is 5. The molecule has 127 heavy (non-hydrogen) atoms. The minimum absolute atomic E-state index is 0.00471. The number of alkyl carbamates (subject to hydrolysis) is 2. The Labute approximate surface area is 722 Å². The van der Waals surface area contributed by atoms with E-state index in [4.69, 9.17) is 47.6 Å². The van der Waals surface area contributed by atoms with Crippen LogP contribution in [0.1, 0.15) is 154 Å². The number of halogens is 15. The molecular weight excluding hydrogens is 1700 g/mol. The zero-order chi connectivity index (χ0) is 90.3. The Balaban J connectivity index is 0.000000117. The quantitative estimate of drug-likeness (QED) is 0.0357. The Bertz CT molecular complexity index is 4500. The molecule has 5 aliphatic carbocycles. The van der Waals surface area contributed by atoms with Crippen LogP contribution in [0, 0.1) is 87.3 Å². The number of nitrogens with zero attached hydrogens (tertiary/aromatic N) is 7. The molecule has 25 nitrogen and oxygen atoms in total. The molecule has 0 aromatic heterocycles. The summed E-state index contributed by atoms with van der Waals surface area (Å²) in [5, 5.41) is 11.4. The van der Waals surface area contributed by atoms with Crippen molar-refractivity contribution in [2.75, 3.05) is 79.5 Å². The highest BCUT2D eigenvalue weighted by atomic mass is 19.2. The normalized spacial score (nSPS) is 35.2. The Hall–Kier alpha value is -9.00. The van der Waals surface area contributed by atoms with E-state index in [-0.39, 0.29) is 209 Å². The highest BCUT2D eigenvalue weighted by Crippen LogP contribution is 2.45. The first-order valence-electron chi connectivity index (χ1n) is 43.5. The summed E-state index contributed by atoms with van der Waals surface area (Å²) in [6, 6.07) is 7.30. The number of benzene rings is 5. The average Bonchev–Trinajstić information content (AvgIpc) is 1.67. The molecule has 0 spiro atoms. The van der Waals surface area contributed by atoms with Gasteiger partial charge in [0.15, 0.2) is 58.2 Å². The number of fused-ring (bicyclic) bond motifs is 5. The molecular formula is C87H105F15N16O9. The standard InChI is InChI=1S/2C18H22F3N3O2.C17H21F3N4O.2C17H20F3N3O2/c2*1-23-16-7-24(8-17(16)26-18(23)25)9-2-3-10(15(22)4-9)11-5-13(20)14(21)6-12(11)19;18-11-5-13(20)12(19)4-10(11)9-2-1-8(3-14(9)21)24-6-15-16(7-24)23-17(25)22-15;2*18-11-5-13(20)12(19)4-10(11)9-2-1-8(3-14(9)21)23-6-15-16(7-23)25-17(24)22-15/h2*5-6,9-10,15-17H,2-4,7-8,22H2,1H3;4-5,8-9,14-16H,1-3,6-7,21H2,(H2,22,23,25);2*4-5,8-9,14-16H,1-3,6-7,21H2,(H,22,24)/t9-,10?,15-,16?,17+;9-,10?,15-,16?,17-;8-,9?,14-,15?,16?;8-,9?,14-,15+,16-;8-,9?,14-,15-,16+/m00000/s1. The van der Waals surface area contributed by atoms with Crippen LogP contribution in [0.4, 0.5) is 89.8 Å². The Morgan fingerprint density at radius 3 is 0.724 bits per heavy atom. The van der Waals surface area contributed by atoms with Crippen molar-refractivity contribution in [3.05, 3.63) is 176 Å². The number of carbonyl (C=O) groups excluding carboxylic acids is 5. The van der Waals surface area contributed by atoms with Crippen LogP contribution in [0.15, 0.2) is 60.7 Å². The van der Waals surface area contributed by atoms with Gasteiger partial charge in [-0.25, -0.2) is 89.8 Å². The van der Waals surface area contributed by atoms with Gasteiger partial charge in [0.1, 0.15) is 53.5 Å². The SMILES string of the molecule is CN1C(=O)O[C@@H]2CN([C@H]3CCC(c4cc(F)c(F)cc4F)[C@@H](N)C3)CC21.CN1C(=O)O[C@H]2CN([C@H]3CCC(c4cc(F)c(F)cc4F)[C@@H](N)C3)CC21.N[C@H]1C[C@@H](N2CC3NC(=O)NC3C2)CCC1c1cc(F)c(F)cc1F.N[C@H]1C[C@@H](N2C[C@@H]3NC(=O)O[C@@H]3C2)CCC1c1cc(F)c(F)cc1F.N[C@H]1C[C@@H](N2C[C@@H]3OC(=O)N[C@@H]3C2)CCC1c1cc(F)c(F)cc1F. The van der Waals surface area contributed by atoms with Crippen molar-refractivity contribution < 1.29 is 109 Å². The van der Waals surface area contributed by atoms with E-state index < -0.39 is 87.3 Å². The van der Waals surface area contributed by atoms with Crippen LogP contribution in [0.5, 0.6) is 0 Å². The number of carbonyl (C=O) groups is 5. The molecule has 692 valence electrons. The fourth-order valence-corrected chi connectivity index (χ4v) is 22.6. The lowest BCUT2D eigenvalue weighted by atomic mass is 9.77. The van der Waals surface area contributed by atoms with Crippen molar-refractivity contribution in [2.45, 2.75) is 247 Å². The molecule has 10 saturated heterocycles. The molecule has 10 aliphatic heterocycles. The predicted octanol–water partition coefficient (Wildman–Crippen LogP) is 9.56. The molecule has 5 aromatic rings. The lowest BCUT2D eigenvalue weighted by Gasteiger charge is -2.39. The van der Waals surface area contributed by atoms with Crippen molar-refractivity contribution in [3.8, 4) is 0 Å². The smallest absolute Gasteiger partial charge is 0.410 e. The number of amides is 6. The molecule has 40 heteroatoms. The highest BCUT2D eigenvalue weighted by molar-refractivity contribution is 5.78. The fourth-order valence-electron chi connectivity index (χ4n) is 22.6. The Morgan fingerprint density at radius 2 is 0.488 bits per heavy atom. The van der Waals surface area contributed by atoms with Gasteiger partial charge in [0, 0.05) is 200 Å². The van der Waals surface area contributed by atoms with Gasteiger partial charge in [-0.1, -0.05) is 0 Å². The van der Waals surface area contributed by atoms with Crippen LogP contribution in [0.25, 0.3) is 0 Å². The topological polar surface area (TPSA) is 323 Å². The molecule has 5 aromatic carbocycles. The number of rotatable bonds is 10. The zero-order valence-corrected chi connectivity index (χ0v) is 69.7. The Morgan fingerprint density at radius 1 is 0.268 bits per heavy atom. The maximum Gasteiger partial charge on any atom is 0.410 e. The summed E-state index contributed by atoms with van der Waals surface area (Å²) < 4.78 is 225. The van der Waals surface area contributed by atoms with E-state index in [0.717, 1.165) is 88.6 Å². The second kappa shape index (κ2) is 37.5. The third-order valence-corrected chi connectivity index (χ3v) is 29.4. The van der Waals surface area contributed by atoms with E-state index in [9.17, 15) is 89.8 Å². The Kier molecular flexibility index (Phi) is 26.9. The first kappa shape index (κ1) is 91.3. The number of ether oxygens (including phenoxy) is 4. The van der Waals surface area contributed by atoms with Gasteiger partial charge in [0.25, 0.3) is 0 Å². The number of likely N-dealkylation sites (tertiary alicyclic amines) is 5.